The van der Waals surface area contributed by atoms with Gasteiger partial charge in [0.25, 0.3) is 0 Å². The third-order valence-corrected chi connectivity index (χ3v) is 4.04. The van der Waals surface area contributed by atoms with Crippen LogP contribution in [0.25, 0.3) is 0 Å². The van der Waals surface area contributed by atoms with Crippen LogP contribution in [0.5, 0.6) is 0 Å². The lowest BCUT2D eigenvalue weighted by molar-refractivity contribution is -0.00526. The highest BCUT2D eigenvalue weighted by Crippen LogP contribution is 2.28. The molecule has 20 heavy (non-hydrogen) atoms. The molecule has 1 unspecified atom stereocenters. The van der Waals surface area contributed by atoms with Crippen molar-refractivity contribution in [3.8, 4) is 0 Å². The van der Waals surface area contributed by atoms with Gasteiger partial charge < -0.3 is 15.4 Å². The number of nitrogens with two attached hydrogens (primary N) is 1. The van der Waals surface area contributed by atoms with Crippen molar-refractivity contribution in [2.45, 2.75) is 51.9 Å². The van der Waals surface area contributed by atoms with Gasteiger partial charge in [-0.05, 0) is 50.5 Å². The number of rotatable bonds is 4. The largest absolute Gasteiger partial charge is 0.372 e. The first-order valence-electron chi connectivity index (χ1n) is 7.44. The summed E-state index contributed by atoms with van der Waals surface area (Å²) in [5.74, 6) is 0. The van der Waals surface area contributed by atoms with Crippen LogP contribution in [0.4, 0.5) is 5.69 Å². The lowest BCUT2D eigenvalue weighted by atomic mass is 10.0. The summed E-state index contributed by atoms with van der Waals surface area (Å²) in [6, 6.07) is 6.31. The standard InChI is InChI=1S/C16H25ClN2O/c1-4-15(18)8-13-7-14(17)5-6-16(13)19-9-11(2)20-12(3)10-19/h5-7,11-12,15H,4,8-10,18H2,1-3H3/t11-,12+,15?. The predicted octanol–water partition coefficient (Wildman–Crippen LogP) is 3.23. The molecule has 4 heteroatoms. The monoisotopic (exact) mass is 296 g/mol. The Morgan fingerprint density at radius 1 is 1.35 bits per heavy atom. The Labute approximate surface area is 127 Å². The maximum Gasteiger partial charge on any atom is 0.0726 e. The van der Waals surface area contributed by atoms with Crippen molar-refractivity contribution in [2.75, 3.05) is 18.0 Å². The van der Waals surface area contributed by atoms with E-state index >= 15 is 0 Å². The molecule has 3 nitrogen and oxygen atoms in total. The van der Waals surface area contributed by atoms with Crippen molar-refractivity contribution < 1.29 is 4.74 Å². The van der Waals surface area contributed by atoms with E-state index in [1.54, 1.807) is 0 Å². The van der Waals surface area contributed by atoms with Gasteiger partial charge in [0, 0.05) is 29.8 Å². The normalized spacial score (nSPS) is 24.8. The maximum absolute atomic E-state index is 6.16. The van der Waals surface area contributed by atoms with Gasteiger partial charge >= 0.3 is 0 Å². The summed E-state index contributed by atoms with van der Waals surface area (Å²) in [7, 11) is 0. The van der Waals surface area contributed by atoms with Gasteiger partial charge in [-0.1, -0.05) is 18.5 Å². The summed E-state index contributed by atoms with van der Waals surface area (Å²) in [6.07, 6.45) is 2.35. The summed E-state index contributed by atoms with van der Waals surface area (Å²) in [5.41, 5.74) is 8.62. The average molecular weight is 297 g/mol. The molecule has 0 bridgehead atoms. The van der Waals surface area contributed by atoms with E-state index in [0.717, 1.165) is 31.0 Å². The number of benzene rings is 1. The number of ether oxygens (including phenoxy) is 1. The molecule has 2 rings (SSSR count). The van der Waals surface area contributed by atoms with Crippen LogP contribution in [-0.4, -0.2) is 31.3 Å². The Morgan fingerprint density at radius 3 is 2.60 bits per heavy atom. The quantitative estimate of drug-likeness (QED) is 0.927. The third kappa shape index (κ3) is 3.87. The molecule has 1 fully saturated rings. The molecule has 1 aliphatic rings. The number of hydrogen-bond donors (Lipinski definition) is 1. The Hall–Kier alpha value is -0.770. The number of nitrogens with zero attached hydrogens (tertiary/aromatic N) is 1. The topological polar surface area (TPSA) is 38.5 Å². The molecule has 2 N–H and O–H groups in total. The smallest absolute Gasteiger partial charge is 0.0726 e. The van der Waals surface area contributed by atoms with Crippen LogP contribution in [0.2, 0.25) is 5.02 Å². The van der Waals surface area contributed by atoms with Crippen molar-refractivity contribution in [1.29, 1.82) is 0 Å². The molecule has 112 valence electrons. The summed E-state index contributed by atoms with van der Waals surface area (Å²) in [6.45, 7) is 8.19. The van der Waals surface area contributed by atoms with E-state index in [0.29, 0.717) is 0 Å². The van der Waals surface area contributed by atoms with Crippen LogP contribution in [0.15, 0.2) is 18.2 Å². The van der Waals surface area contributed by atoms with Crippen LogP contribution in [-0.2, 0) is 11.2 Å². The first kappa shape index (κ1) is 15.6. The maximum atomic E-state index is 6.16. The van der Waals surface area contributed by atoms with E-state index in [1.807, 2.05) is 6.07 Å². The van der Waals surface area contributed by atoms with Crippen molar-refractivity contribution in [2.24, 2.45) is 5.73 Å². The fourth-order valence-corrected chi connectivity index (χ4v) is 3.02. The zero-order valence-corrected chi connectivity index (χ0v) is 13.4. The van der Waals surface area contributed by atoms with Crippen molar-refractivity contribution in [1.82, 2.24) is 0 Å². The number of anilines is 1. The molecule has 0 spiro atoms. The SMILES string of the molecule is CCC(N)Cc1cc(Cl)ccc1N1C[C@@H](C)O[C@@H](C)C1. The minimum Gasteiger partial charge on any atom is -0.372 e. The van der Waals surface area contributed by atoms with E-state index in [9.17, 15) is 0 Å². The predicted molar refractivity (Wildman–Crippen MR) is 85.6 cm³/mol. The van der Waals surface area contributed by atoms with Crippen molar-refractivity contribution in [3.63, 3.8) is 0 Å². The Morgan fingerprint density at radius 2 is 2.00 bits per heavy atom. The molecule has 0 radical (unpaired) electrons. The first-order chi connectivity index (χ1) is 9.49. The minimum absolute atomic E-state index is 0.183. The van der Waals surface area contributed by atoms with Gasteiger partial charge in [-0.3, -0.25) is 0 Å². The molecular formula is C16H25ClN2O. The molecule has 1 aromatic carbocycles. The molecule has 1 aromatic rings. The molecule has 0 aliphatic carbocycles. The van der Waals surface area contributed by atoms with Crippen LogP contribution >= 0.6 is 11.6 Å². The van der Waals surface area contributed by atoms with Crippen LogP contribution in [0.1, 0.15) is 32.8 Å². The minimum atomic E-state index is 0.183. The Balaban J connectivity index is 2.25. The summed E-state index contributed by atoms with van der Waals surface area (Å²) in [4.78, 5) is 2.40. The Bertz CT molecular complexity index is 442. The summed E-state index contributed by atoms with van der Waals surface area (Å²) < 4.78 is 5.81. The number of morpholine rings is 1. The van der Waals surface area contributed by atoms with Gasteiger partial charge in [0.2, 0.25) is 0 Å². The molecule has 0 amide bonds. The van der Waals surface area contributed by atoms with E-state index in [4.69, 9.17) is 22.1 Å². The fourth-order valence-electron chi connectivity index (χ4n) is 2.83. The van der Waals surface area contributed by atoms with E-state index in [1.165, 1.54) is 11.3 Å². The summed E-state index contributed by atoms with van der Waals surface area (Å²) >= 11 is 6.16. The van der Waals surface area contributed by atoms with E-state index < -0.39 is 0 Å². The molecule has 0 saturated carbocycles. The molecule has 3 atom stereocenters. The highest BCUT2D eigenvalue weighted by atomic mass is 35.5. The number of halogens is 1. The first-order valence-corrected chi connectivity index (χ1v) is 7.81. The Kier molecular flexibility index (Phi) is 5.30. The lowest BCUT2D eigenvalue weighted by Gasteiger charge is -2.38. The molecule has 1 heterocycles. The molecular weight excluding hydrogens is 272 g/mol. The van der Waals surface area contributed by atoms with Gasteiger partial charge in [0.1, 0.15) is 0 Å². The highest BCUT2D eigenvalue weighted by Gasteiger charge is 2.24. The van der Waals surface area contributed by atoms with Gasteiger partial charge in [0.05, 0.1) is 12.2 Å². The zero-order valence-electron chi connectivity index (χ0n) is 12.6. The van der Waals surface area contributed by atoms with E-state index in [-0.39, 0.29) is 18.2 Å². The van der Waals surface area contributed by atoms with Crippen molar-refractivity contribution >= 4 is 17.3 Å². The van der Waals surface area contributed by atoms with Crippen LogP contribution in [0.3, 0.4) is 0 Å². The van der Waals surface area contributed by atoms with Crippen LogP contribution < -0.4 is 10.6 Å². The van der Waals surface area contributed by atoms with Gasteiger partial charge in [-0.2, -0.15) is 0 Å². The van der Waals surface area contributed by atoms with Gasteiger partial charge in [0.15, 0.2) is 0 Å². The van der Waals surface area contributed by atoms with Crippen molar-refractivity contribution in [3.05, 3.63) is 28.8 Å². The second-order valence-corrected chi connectivity index (χ2v) is 6.24. The molecule has 1 aliphatic heterocycles. The zero-order chi connectivity index (χ0) is 14.7. The molecule has 1 saturated heterocycles. The molecule has 0 aromatic heterocycles. The second-order valence-electron chi connectivity index (χ2n) is 5.81. The highest BCUT2D eigenvalue weighted by molar-refractivity contribution is 6.30. The van der Waals surface area contributed by atoms with E-state index in [2.05, 4.69) is 37.8 Å². The number of hydrogen-bond acceptors (Lipinski definition) is 3. The fraction of sp³-hybridized carbons (Fsp3) is 0.625. The van der Waals surface area contributed by atoms with Gasteiger partial charge in [-0.25, -0.2) is 0 Å². The lowest BCUT2D eigenvalue weighted by Crippen LogP contribution is -2.46. The summed E-state index contributed by atoms with van der Waals surface area (Å²) in [5, 5.41) is 0.779. The van der Waals surface area contributed by atoms with Gasteiger partial charge in [-0.15, -0.1) is 0 Å². The third-order valence-electron chi connectivity index (χ3n) is 3.81. The van der Waals surface area contributed by atoms with Crippen LogP contribution in [0, 0.1) is 0 Å². The average Bonchev–Trinajstić information content (AvgIpc) is 2.37. The second kappa shape index (κ2) is 6.79.